The van der Waals surface area contributed by atoms with Crippen molar-refractivity contribution in [1.29, 1.82) is 0 Å². The number of rotatable bonds is 1. The second kappa shape index (κ2) is 9.57. The predicted octanol–water partition coefficient (Wildman–Crippen LogP) is -3.85. The van der Waals surface area contributed by atoms with Crippen LogP contribution in [0.4, 0.5) is 0 Å². The van der Waals surface area contributed by atoms with Crippen molar-refractivity contribution >= 4 is 5.97 Å². The Hall–Kier alpha value is 0.292. The molecule has 0 saturated carbocycles. The average molecular weight is 161 g/mol. The van der Waals surface area contributed by atoms with Gasteiger partial charge in [0.1, 0.15) is 0 Å². The van der Waals surface area contributed by atoms with Gasteiger partial charge in [-0.3, -0.25) is 0 Å². The smallest absolute Gasteiger partial charge is 1.00 e. The third-order valence-electron chi connectivity index (χ3n) is 0.289. The minimum Gasteiger partial charge on any atom is -1.00 e. The average Bonchev–Trinajstić information content (AvgIpc) is 1.38. The summed E-state index contributed by atoms with van der Waals surface area (Å²) in [6.45, 7) is 1.54. The summed E-state index contributed by atoms with van der Waals surface area (Å²) in [4.78, 5) is 9.26. The maximum absolute atomic E-state index is 9.26. The molecule has 0 spiro atoms. The Balaban J connectivity index is -0.0000000800. The number of hydrogen-bond donors (Lipinski definition) is 0. The normalized spacial score (nSPS) is 5.29. The number of carbonyl (C=O) groups excluding carboxylic acids is 1. The molecule has 0 rings (SSSR count). The van der Waals surface area contributed by atoms with E-state index in [2.05, 4.69) is 0 Å². The van der Waals surface area contributed by atoms with E-state index in [4.69, 9.17) is 0 Å². The molecule has 0 radical (unpaired) electrons. The van der Waals surface area contributed by atoms with Crippen LogP contribution in [0.5, 0.6) is 0 Å². The fourth-order valence-corrected chi connectivity index (χ4v) is 0. The van der Waals surface area contributed by atoms with E-state index in [1.807, 2.05) is 0 Å². The van der Waals surface area contributed by atoms with E-state index in [-0.39, 0.29) is 36.2 Å². The zero-order valence-electron chi connectivity index (χ0n) is 3.81. The first-order chi connectivity index (χ1) is 2.27. The molecule has 0 fully saturated rings. The van der Waals surface area contributed by atoms with Crippen LogP contribution < -0.4 is 17.5 Å². The number of halogens is 1. The Labute approximate surface area is 59.5 Å². The minimum atomic E-state index is -0.995. The van der Waals surface area contributed by atoms with Gasteiger partial charge in [0.2, 0.25) is 0 Å². The molecule has 42 valence electrons. The molecule has 0 amide bonds. The monoisotopic (exact) mass is 160 g/mol. The third kappa shape index (κ3) is 22.1. The quantitative estimate of drug-likeness (QED) is 0.394. The molecule has 0 heterocycles. The summed E-state index contributed by atoms with van der Waals surface area (Å²) in [5.41, 5.74) is 0. The molecule has 0 aliphatic carbocycles. The van der Waals surface area contributed by atoms with Crippen LogP contribution in [0.25, 0.3) is 0 Å². The Bertz CT molecular complexity index is 48.2. The Morgan fingerprint density at radius 2 is 1.86 bits per heavy atom. The third-order valence-corrected chi connectivity index (χ3v) is 0.289. The first-order valence-corrected chi connectivity index (χ1v) is 1.47. The van der Waals surface area contributed by atoms with E-state index < -0.39 is 5.97 Å². The van der Waals surface area contributed by atoms with Crippen molar-refractivity contribution in [3.63, 3.8) is 0 Å². The van der Waals surface area contributed by atoms with E-state index in [1.54, 1.807) is 0 Å². The molecular formula is C3H5ClCrO2. The van der Waals surface area contributed by atoms with Gasteiger partial charge in [0.15, 0.2) is 0 Å². The summed E-state index contributed by atoms with van der Waals surface area (Å²) in [6, 6.07) is 0. The van der Waals surface area contributed by atoms with Gasteiger partial charge >= 0.3 is 17.4 Å². The number of carboxylic acid groups (broad SMARTS) is 1. The molecule has 0 atom stereocenters. The van der Waals surface area contributed by atoms with Crippen LogP contribution in [0.3, 0.4) is 0 Å². The van der Waals surface area contributed by atoms with Gasteiger partial charge in [0.05, 0.1) is 0 Å². The van der Waals surface area contributed by atoms with E-state index in [0.29, 0.717) is 0 Å². The fourth-order valence-electron chi connectivity index (χ4n) is 0. The molecule has 0 unspecified atom stereocenters. The number of hydrogen-bond acceptors (Lipinski definition) is 2. The summed E-state index contributed by atoms with van der Waals surface area (Å²) in [5.74, 6) is -0.995. The molecule has 0 aromatic heterocycles. The Morgan fingerprint density at radius 3 is 1.86 bits per heavy atom. The van der Waals surface area contributed by atoms with Gasteiger partial charge in [0.25, 0.3) is 0 Å². The fraction of sp³-hybridized carbons (Fsp3) is 0.667. The molecule has 0 aliphatic rings. The second-order valence-corrected chi connectivity index (χ2v) is 0.726. The van der Waals surface area contributed by atoms with Crippen LogP contribution in [-0.4, -0.2) is 5.97 Å². The van der Waals surface area contributed by atoms with Gasteiger partial charge in [-0.1, -0.05) is 6.92 Å². The first-order valence-electron chi connectivity index (χ1n) is 1.47. The molecule has 0 aliphatic heterocycles. The van der Waals surface area contributed by atoms with E-state index >= 15 is 0 Å². The first kappa shape index (κ1) is 15.7. The van der Waals surface area contributed by atoms with Crippen molar-refractivity contribution in [2.24, 2.45) is 0 Å². The van der Waals surface area contributed by atoms with Crippen LogP contribution >= 0.6 is 0 Å². The van der Waals surface area contributed by atoms with Crippen LogP contribution in [0.1, 0.15) is 13.3 Å². The van der Waals surface area contributed by atoms with Gasteiger partial charge in [-0.25, -0.2) is 0 Å². The Kier molecular flexibility index (Phi) is 21.4. The molecule has 7 heavy (non-hydrogen) atoms. The second-order valence-electron chi connectivity index (χ2n) is 0.726. The molecule has 2 nitrogen and oxygen atoms in total. The molecule has 0 aromatic carbocycles. The molecule has 4 heteroatoms. The number of carbonyl (C=O) groups is 1. The zero-order valence-corrected chi connectivity index (χ0v) is 5.84. The van der Waals surface area contributed by atoms with Gasteiger partial charge < -0.3 is 22.3 Å². The topological polar surface area (TPSA) is 40.1 Å². The maximum atomic E-state index is 9.26. The van der Waals surface area contributed by atoms with E-state index in [0.717, 1.165) is 0 Å². The minimum absolute atomic E-state index is 0. The van der Waals surface area contributed by atoms with E-state index in [1.165, 1.54) is 6.92 Å². The summed E-state index contributed by atoms with van der Waals surface area (Å²) < 4.78 is 0. The predicted molar refractivity (Wildman–Crippen MR) is 15.3 cm³/mol. The van der Waals surface area contributed by atoms with Crippen molar-refractivity contribution in [2.75, 3.05) is 0 Å². The van der Waals surface area contributed by atoms with Crippen molar-refractivity contribution in [2.45, 2.75) is 13.3 Å². The number of carboxylic acids is 1. The van der Waals surface area contributed by atoms with Crippen LogP contribution in [0, 0.1) is 0 Å². The summed E-state index contributed by atoms with van der Waals surface area (Å²) >= 11 is 0. The molecule has 0 saturated heterocycles. The zero-order chi connectivity index (χ0) is 4.28. The van der Waals surface area contributed by atoms with Crippen molar-refractivity contribution in [1.82, 2.24) is 0 Å². The molecule has 0 bridgehead atoms. The van der Waals surface area contributed by atoms with Crippen LogP contribution in [-0.2, 0) is 22.2 Å². The van der Waals surface area contributed by atoms with Gasteiger partial charge in [-0.05, 0) is 6.42 Å². The largest absolute Gasteiger partial charge is 2.00 e. The maximum Gasteiger partial charge on any atom is 2.00 e. The van der Waals surface area contributed by atoms with Crippen molar-refractivity contribution in [3.05, 3.63) is 0 Å². The van der Waals surface area contributed by atoms with Gasteiger partial charge in [0, 0.05) is 5.97 Å². The van der Waals surface area contributed by atoms with Crippen LogP contribution in [0.15, 0.2) is 0 Å². The van der Waals surface area contributed by atoms with Gasteiger partial charge in [-0.2, -0.15) is 0 Å². The molecule has 0 aromatic rings. The molecule has 0 N–H and O–H groups in total. The summed E-state index contributed by atoms with van der Waals surface area (Å²) in [7, 11) is 0. The van der Waals surface area contributed by atoms with Crippen molar-refractivity contribution < 1.29 is 39.7 Å². The summed E-state index contributed by atoms with van der Waals surface area (Å²) in [6.07, 6.45) is 0.111. The van der Waals surface area contributed by atoms with Crippen LogP contribution in [0.2, 0.25) is 0 Å². The summed E-state index contributed by atoms with van der Waals surface area (Å²) in [5, 5.41) is 9.26. The Morgan fingerprint density at radius 1 is 1.71 bits per heavy atom. The van der Waals surface area contributed by atoms with E-state index in [9.17, 15) is 9.90 Å². The standard InChI is InChI=1S/C3H6O2.ClH.Cr/c1-2-3(4)5;;/h2H2,1H3,(H,4,5);1H;/q;;+2/p-2. The molecular weight excluding hydrogens is 155 g/mol. The number of aliphatic carboxylic acids is 1. The van der Waals surface area contributed by atoms with Crippen molar-refractivity contribution in [3.8, 4) is 0 Å². The van der Waals surface area contributed by atoms with Gasteiger partial charge in [-0.15, -0.1) is 0 Å². The SMILES string of the molecule is CCC(=O)[O-].[Cl-].[Cr+2].